The average molecular weight is 579 g/mol. The number of thiocarbonyl (C=S) groups is 1. The molecule has 3 rings (SSSR count). The van der Waals surface area contributed by atoms with Gasteiger partial charge in [0.25, 0.3) is 5.91 Å². The lowest BCUT2D eigenvalue weighted by Crippen LogP contribution is -2.29. The van der Waals surface area contributed by atoms with Gasteiger partial charge in [-0.05, 0) is 65.0 Å². The Balaban J connectivity index is 1.67. The molecule has 2 aromatic rings. The van der Waals surface area contributed by atoms with Crippen molar-refractivity contribution in [2.45, 2.75) is 39.0 Å². The van der Waals surface area contributed by atoms with Crippen molar-refractivity contribution < 1.29 is 24.2 Å². The second-order valence-electron chi connectivity index (χ2n) is 7.88. The molecule has 1 saturated heterocycles. The molecular formula is C26H28BrNO5S2. The molecule has 0 saturated carbocycles. The molecule has 0 unspecified atom stereocenters. The van der Waals surface area contributed by atoms with E-state index < -0.39 is 5.97 Å². The van der Waals surface area contributed by atoms with E-state index in [0.29, 0.717) is 53.3 Å². The first kappa shape index (κ1) is 27.2. The number of amides is 1. The summed E-state index contributed by atoms with van der Waals surface area (Å²) in [4.78, 5) is 25.7. The molecule has 0 radical (unpaired) electrons. The van der Waals surface area contributed by atoms with E-state index in [-0.39, 0.29) is 12.3 Å². The summed E-state index contributed by atoms with van der Waals surface area (Å²) in [5.41, 5.74) is 2.00. The zero-order valence-corrected chi connectivity index (χ0v) is 22.7. The molecule has 1 fully saturated rings. The number of hydrogen-bond acceptors (Lipinski definition) is 6. The Morgan fingerprint density at radius 3 is 2.66 bits per heavy atom. The Hall–Kier alpha value is -2.36. The van der Waals surface area contributed by atoms with Crippen molar-refractivity contribution in [3.05, 3.63) is 63.0 Å². The largest absolute Gasteiger partial charge is 0.490 e. The van der Waals surface area contributed by atoms with Gasteiger partial charge in [0.05, 0.1) is 22.6 Å². The molecule has 0 spiro atoms. The lowest BCUT2D eigenvalue weighted by molar-refractivity contribution is -0.137. The van der Waals surface area contributed by atoms with Crippen LogP contribution in [0.15, 0.2) is 51.8 Å². The number of benzene rings is 2. The lowest BCUT2D eigenvalue weighted by Gasteiger charge is -2.15. The molecule has 1 heterocycles. The summed E-state index contributed by atoms with van der Waals surface area (Å²) in [6, 6.07) is 13.9. The molecular weight excluding hydrogens is 550 g/mol. The Morgan fingerprint density at radius 1 is 1.17 bits per heavy atom. The summed E-state index contributed by atoms with van der Waals surface area (Å²) in [5, 5.41) is 8.75. The van der Waals surface area contributed by atoms with Crippen LogP contribution in [-0.2, 0) is 16.0 Å². The number of aliphatic carboxylic acids is 1. The van der Waals surface area contributed by atoms with E-state index in [2.05, 4.69) is 28.1 Å². The highest BCUT2D eigenvalue weighted by atomic mass is 79.9. The number of nitrogens with zero attached hydrogens (tertiary/aromatic N) is 1. The summed E-state index contributed by atoms with van der Waals surface area (Å²) in [6.45, 7) is 3.39. The number of ether oxygens (including phenoxy) is 2. The maximum absolute atomic E-state index is 12.9. The van der Waals surface area contributed by atoms with Crippen LogP contribution in [0.5, 0.6) is 11.5 Å². The number of carboxylic acids is 1. The number of carbonyl (C=O) groups excluding carboxylic acids is 1. The summed E-state index contributed by atoms with van der Waals surface area (Å²) >= 11 is 10.3. The van der Waals surface area contributed by atoms with Crippen molar-refractivity contribution in [3.8, 4) is 11.5 Å². The fourth-order valence-corrected chi connectivity index (χ4v) is 5.44. The average Bonchev–Trinajstić information content (AvgIpc) is 3.08. The van der Waals surface area contributed by atoms with Gasteiger partial charge in [0.1, 0.15) is 4.32 Å². The Labute approximate surface area is 223 Å². The van der Waals surface area contributed by atoms with Crippen LogP contribution in [0.4, 0.5) is 0 Å². The Bertz CT molecular complexity index is 1090. The SMILES string of the molecule is CCOc1cc(/C=C2\SC(=S)N(CCCCCC(=O)O)C2=O)cc(Br)c1OCCc1ccccc1. The van der Waals surface area contributed by atoms with Gasteiger partial charge < -0.3 is 14.6 Å². The minimum Gasteiger partial charge on any atom is -0.490 e. The third kappa shape index (κ3) is 8.08. The first-order valence-corrected chi connectivity index (χ1v) is 13.5. The van der Waals surface area contributed by atoms with Crippen LogP contribution in [-0.4, -0.2) is 46.0 Å². The summed E-state index contributed by atoms with van der Waals surface area (Å²) < 4.78 is 13.2. The zero-order chi connectivity index (χ0) is 25.2. The van der Waals surface area contributed by atoms with Crippen LogP contribution in [0.25, 0.3) is 6.08 Å². The summed E-state index contributed by atoms with van der Waals surface area (Å²) in [6.07, 6.45) is 4.76. The number of thioether (sulfide) groups is 1. The Morgan fingerprint density at radius 2 is 1.94 bits per heavy atom. The standard InChI is InChI=1S/C26H28BrNO5S2/c1-2-32-21-16-19(15-20(27)24(21)33-14-12-18-9-5-3-6-10-18)17-22-25(31)28(26(34)35-22)13-8-4-7-11-23(29)30/h3,5-6,9-10,15-17H,2,4,7-8,11-14H2,1H3,(H,29,30)/b22-17-. The van der Waals surface area contributed by atoms with E-state index in [0.717, 1.165) is 22.9 Å². The molecule has 0 aromatic heterocycles. The van der Waals surface area contributed by atoms with Gasteiger partial charge in [0, 0.05) is 19.4 Å². The van der Waals surface area contributed by atoms with Crippen LogP contribution >= 0.6 is 39.9 Å². The molecule has 2 aromatic carbocycles. The van der Waals surface area contributed by atoms with Gasteiger partial charge in [-0.2, -0.15) is 0 Å². The molecule has 1 amide bonds. The van der Waals surface area contributed by atoms with Crippen molar-refractivity contribution in [2.24, 2.45) is 0 Å². The first-order chi connectivity index (χ1) is 16.9. The fourth-order valence-electron chi connectivity index (χ4n) is 3.56. The summed E-state index contributed by atoms with van der Waals surface area (Å²) in [7, 11) is 0. The number of rotatable bonds is 13. The van der Waals surface area contributed by atoms with Crippen LogP contribution < -0.4 is 9.47 Å². The second kappa shape index (κ2) is 13.7. The van der Waals surface area contributed by atoms with Gasteiger partial charge in [-0.25, -0.2) is 0 Å². The van der Waals surface area contributed by atoms with Crippen LogP contribution in [0.3, 0.4) is 0 Å². The first-order valence-electron chi connectivity index (χ1n) is 11.5. The van der Waals surface area contributed by atoms with Crippen molar-refractivity contribution in [2.75, 3.05) is 19.8 Å². The number of hydrogen-bond donors (Lipinski definition) is 1. The number of carbonyl (C=O) groups is 2. The highest BCUT2D eigenvalue weighted by Gasteiger charge is 2.31. The number of unbranched alkanes of at least 4 members (excludes halogenated alkanes) is 2. The monoisotopic (exact) mass is 577 g/mol. The van der Waals surface area contributed by atoms with Gasteiger partial charge >= 0.3 is 5.97 Å². The van der Waals surface area contributed by atoms with Crippen LogP contribution in [0, 0.1) is 0 Å². The molecule has 0 bridgehead atoms. The molecule has 9 heteroatoms. The fraction of sp³-hybridized carbons (Fsp3) is 0.346. The zero-order valence-electron chi connectivity index (χ0n) is 19.5. The van der Waals surface area contributed by atoms with Gasteiger partial charge in [-0.15, -0.1) is 0 Å². The molecule has 35 heavy (non-hydrogen) atoms. The second-order valence-corrected chi connectivity index (χ2v) is 10.4. The molecule has 1 N–H and O–H groups in total. The topological polar surface area (TPSA) is 76.1 Å². The predicted molar refractivity (Wildman–Crippen MR) is 147 cm³/mol. The number of carboxylic acid groups (broad SMARTS) is 1. The molecule has 186 valence electrons. The van der Waals surface area contributed by atoms with E-state index in [9.17, 15) is 9.59 Å². The maximum atomic E-state index is 12.9. The molecule has 1 aliphatic heterocycles. The minimum absolute atomic E-state index is 0.129. The highest BCUT2D eigenvalue weighted by Crippen LogP contribution is 2.39. The van der Waals surface area contributed by atoms with Crippen LogP contribution in [0.1, 0.15) is 43.7 Å². The third-order valence-electron chi connectivity index (χ3n) is 5.26. The van der Waals surface area contributed by atoms with Gasteiger partial charge in [-0.3, -0.25) is 14.5 Å². The predicted octanol–water partition coefficient (Wildman–Crippen LogP) is 6.32. The molecule has 6 nitrogen and oxygen atoms in total. The Kier molecular flexibility index (Phi) is 10.6. The van der Waals surface area contributed by atoms with Crippen molar-refractivity contribution in [1.29, 1.82) is 0 Å². The van der Waals surface area contributed by atoms with E-state index in [1.807, 2.05) is 43.3 Å². The van der Waals surface area contributed by atoms with E-state index in [1.54, 1.807) is 4.90 Å². The van der Waals surface area contributed by atoms with Crippen molar-refractivity contribution in [1.82, 2.24) is 4.90 Å². The van der Waals surface area contributed by atoms with Crippen LogP contribution in [0.2, 0.25) is 0 Å². The molecule has 0 aliphatic carbocycles. The van der Waals surface area contributed by atoms with Crippen molar-refractivity contribution >= 4 is 62.2 Å². The third-order valence-corrected chi connectivity index (χ3v) is 7.22. The normalized spacial score (nSPS) is 14.6. The highest BCUT2D eigenvalue weighted by molar-refractivity contribution is 9.10. The minimum atomic E-state index is -0.802. The quantitative estimate of drug-likeness (QED) is 0.170. The van der Waals surface area contributed by atoms with Gasteiger partial charge in [0.15, 0.2) is 11.5 Å². The van der Waals surface area contributed by atoms with E-state index in [1.165, 1.54) is 17.3 Å². The molecule has 1 aliphatic rings. The maximum Gasteiger partial charge on any atom is 0.303 e. The molecule has 0 atom stereocenters. The number of halogens is 1. The van der Waals surface area contributed by atoms with Crippen molar-refractivity contribution in [3.63, 3.8) is 0 Å². The van der Waals surface area contributed by atoms with E-state index in [4.69, 9.17) is 26.8 Å². The van der Waals surface area contributed by atoms with Gasteiger partial charge in [-0.1, -0.05) is 60.7 Å². The lowest BCUT2D eigenvalue weighted by atomic mass is 10.1. The van der Waals surface area contributed by atoms with E-state index >= 15 is 0 Å². The van der Waals surface area contributed by atoms with Gasteiger partial charge in [0.2, 0.25) is 0 Å². The smallest absolute Gasteiger partial charge is 0.303 e. The summed E-state index contributed by atoms with van der Waals surface area (Å²) in [5.74, 6) is 0.309.